The van der Waals surface area contributed by atoms with E-state index in [-0.39, 0.29) is 12.3 Å². The standard InChI is InChI=1S/C17H23N5O2/c1-13-4-6-14(7-5-13)22(11-8-15-18-20-21-19-15)16(23)12-17(24)9-2-3-10-17/h4-7,24H,2-3,8-12H2,1H3,(H,18,19,20,21). The van der Waals surface area contributed by atoms with Gasteiger partial charge in [0, 0.05) is 18.7 Å². The van der Waals surface area contributed by atoms with Gasteiger partial charge in [0.05, 0.1) is 12.0 Å². The maximum Gasteiger partial charge on any atom is 0.229 e. The van der Waals surface area contributed by atoms with Gasteiger partial charge in [0.15, 0.2) is 5.82 Å². The van der Waals surface area contributed by atoms with Gasteiger partial charge >= 0.3 is 0 Å². The summed E-state index contributed by atoms with van der Waals surface area (Å²) in [7, 11) is 0. The van der Waals surface area contributed by atoms with Gasteiger partial charge in [0.2, 0.25) is 5.91 Å². The highest BCUT2D eigenvalue weighted by Gasteiger charge is 2.35. The summed E-state index contributed by atoms with van der Waals surface area (Å²) in [5.74, 6) is 0.506. The van der Waals surface area contributed by atoms with Crippen molar-refractivity contribution in [2.75, 3.05) is 11.4 Å². The number of carbonyl (C=O) groups excluding carboxylic acids is 1. The number of aliphatic hydroxyl groups is 1. The quantitative estimate of drug-likeness (QED) is 0.842. The van der Waals surface area contributed by atoms with Crippen molar-refractivity contribution in [2.45, 2.75) is 51.0 Å². The van der Waals surface area contributed by atoms with Crippen molar-refractivity contribution >= 4 is 11.6 Å². The second-order valence-corrected chi connectivity index (χ2v) is 6.57. The number of aryl methyl sites for hydroxylation is 1. The zero-order valence-electron chi connectivity index (χ0n) is 13.9. The van der Waals surface area contributed by atoms with Crippen LogP contribution in [0.4, 0.5) is 5.69 Å². The first kappa shape index (κ1) is 16.6. The molecule has 1 aliphatic carbocycles. The van der Waals surface area contributed by atoms with Gasteiger partial charge in [-0.15, -0.1) is 10.2 Å². The number of nitrogens with zero attached hydrogens (tertiary/aromatic N) is 4. The summed E-state index contributed by atoms with van der Waals surface area (Å²) in [4.78, 5) is 14.6. The van der Waals surface area contributed by atoms with E-state index < -0.39 is 5.60 Å². The number of amides is 1. The molecule has 1 aromatic heterocycles. The van der Waals surface area contributed by atoms with E-state index in [0.29, 0.717) is 31.6 Å². The van der Waals surface area contributed by atoms with Gasteiger partial charge in [0.1, 0.15) is 0 Å². The monoisotopic (exact) mass is 329 g/mol. The van der Waals surface area contributed by atoms with Crippen molar-refractivity contribution in [3.05, 3.63) is 35.7 Å². The molecule has 1 aromatic carbocycles. The van der Waals surface area contributed by atoms with Crippen LogP contribution in [0.25, 0.3) is 0 Å². The molecule has 7 nitrogen and oxygen atoms in total. The number of hydrogen-bond donors (Lipinski definition) is 2. The van der Waals surface area contributed by atoms with E-state index in [1.165, 1.54) is 0 Å². The number of aromatic amines is 1. The maximum atomic E-state index is 12.9. The molecular formula is C17H23N5O2. The first-order chi connectivity index (χ1) is 11.6. The topological polar surface area (TPSA) is 95.0 Å². The molecular weight excluding hydrogens is 306 g/mol. The van der Waals surface area contributed by atoms with E-state index in [1.54, 1.807) is 4.90 Å². The van der Waals surface area contributed by atoms with Gasteiger partial charge in [-0.25, -0.2) is 0 Å². The molecule has 1 heterocycles. The Morgan fingerprint density at radius 3 is 2.62 bits per heavy atom. The molecule has 0 unspecified atom stereocenters. The Morgan fingerprint density at radius 1 is 1.29 bits per heavy atom. The predicted molar refractivity (Wildman–Crippen MR) is 89.4 cm³/mol. The second kappa shape index (κ2) is 7.09. The molecule has 0 radical (unpaired) electrons. The number of tetrazole rings is 1. The summed E-state index contributed by atoms with van der Waals surface area (Å²) in [5, 5.41) is 24.4. The number of rotatable bonds is 6. The maximum absolute atomic E-state index is 12.9. The zero-order valence-corrected chi connectivity index (χ0v) is 13.9. The molecule has 0 bridgehead atoms. The van der Waals surface area contributed by atoms with Gasteiger partial charge in [-0.2, -0.15) is 5.21 Å². The molecule has 0 spiro atoms. The predicted octanol–water partition coefficient (Wildman–Crippen LogP) is 1.78. The fourth-order valence-electron chi connectivity index (χ4n) is 3.21. The Balaban J connectivity index is 1.75. The Labute approximate surface area is 141 Å². The average Bonchev–Trinajstić information content (AvgIpc) is 3.21. The van der Waals surface area contributed by atoms with Crippen LogP contribution >= 0.6 is 0 Å². The van der Waals surface area contributed by atoms with Crippen LogP contribution in [0, 0.1) is 6.92 Å². The van der Waals surface area contributed by atoms with E-state index in [2.05, 4.69) is 20.6 Å². The summed E-state index contributed by atoms with van der Waals surface area (Å²) >= 11 is 0. The third-order valence-corrected chi connectivity index (χ3v) is 4.61. The fraction of sp³-hybridized carbons (Fsp3) is 0.529. The van der Waals surface area contributed by atoms with E-state index >= 15 is 0 Å². The molecule has 0 atom stereocenters. The molecule has 3 rings (SSSR count). The molecule has 7 heteroatoms. The van der Waals surface area contributed by atoms with Crippen LogP contribution in [0.2, 0.25) is 0 Å². The largest absolute Gasteiger partial charge is 0.389 e. The molecule has 2 aromatic rings. The highest BCUT2D eigenvalue weighted by Crippen LogP contribution is 2.33. The highest BCUT2D eigenvalue weighted by molar-refractivity contribution is 5.94. The van der Waals surface area contributed by atoms with Crippen molar-refractivity contribution in [2.24, 2.45) is 0 Å². The number of carbonyl (C=O) groups is 1. The molecule has 0 saturated heterocycles. The van der Waals surface area contributed by atoms with E-state index in [1.807, 2.05) is 31.2 Å². The third-order valence-electron chi connectivity index (χ3n) is 4.61. The van der Waals surface area contributed by atoms with Gasteiger partial charge in [-0.3, -0.25) is 4.79 Å². The number of hydrogen-bond acceptors (Lipinski definition) is 5. The van der Waals surface area contributed by atoms with Crippen molar-refractivity contribution < 1.29 is 9.90 Å². The lowest BCUT2D eigenvalue weighted by Gasteiger charge is -2.28. The van der Waals surface area contributed by atoms with Gasteiger partial charge < -0.3 is 10.0 Å². The number of nitrogens with one attached hydrogen (secondary N) is 1. The van der Waals surface area contributed by atoms with Crippen molar-refractivity contribution in [3.63, 3.8) is 0 Å². The van der Waals surface area contributed by atoms with Crippen molar-refractivity contribution in [1.29, 1.82) is 0 Å². The average molecular weight is 329 g/mol. The van der Waals surface area contributed by atoms with Crippen LogP contribution in [-0.4, -0.2) is 43.8 Å². The van der Waals surface area contributed by atoms with Crippen molar-refractivity contribution in [3.8, 4) is 0 Å². The molecule has 1 saturated carbocycles. The minimum absolute atomic E-state index is 0.0632. The summed E-state index contributed by atoms with van der Waals surface area (Å²) in [5.41, 5.74) is 1.11. The van der Waals surface area contributed by atoms with E-state index in [0.717, 1.165) is 24.1 Å². The van der Waals surface area contributed by atoms with Crippen LogP contribution in [-0.2, 0) is 11.2 Å². The smallest absolute Gasteiger partial charge is 0.229 e. The van der Waals surface area contributed by atoms with Gasteiger partial charge in [0.25, 0.3) is 0 Å². The van der Waals surface area contributed by atoms with Crippen LogP contribution in [0.3, 0.4) is 0 Å². The molecule has 1 amide bonds. The normalized spacial score (nSPS) is 16.2. The summed E-state index contributed by atoms with van der Waals surface area (Å²) in [6.45, 7) is 2.47. The minimum Gasteiger partial charge on any atom is -0.389 e. The van der Waals surface area contributed by atoms with Gasteiger partial charge in [-0.1, -0.05) is 35.8 Å². The zero-order chi connectivity index (χ0) is 17.0. The Morgan fingerprint density at radius 2 is 2.00 bits per heavy atom. The van der Waals surface area contributed by atoms with Crippen LogP contribution in [0.1, 0.15) is 43.5 Å². The molecule has 1 aliphatic rings. The molecule has 1 fully saturated rings. The van der Waals surface area contributed by atoms with E-state index in [4.69, 9.17) is 0 Å². The third kappa shape index (κ3) is 3.97. The van der Waals surface area contributed by atoms with Crippen LogP contribution < -0.4 is 4.90 Å². The molecule has 24 heavy (non-hydrogen) atoms. The Kier molecular flexibility index (Phi) is 4.89. The first-order valence-electron chi connectivity index (χ1n) is 8.37. The van der Waals surface area contributed by atoms with Crippen LogP contribution in [0.15, 0.2) is 24.3 Å². The lowest BCUT2D eigenvalue weighted by atomic mass is 9.97. The number of benzene rings is 1. The number of H-pyrrole nitrogens is 1. The van der Waals surface area contributed by atoms with Gasteiger partial charge in [-0.05, 0) is 31.9 Å². The Bertz CT molecular complexity index is 663. The summed E-state index contributed by atoms with van der Waals surface area (Å²) in [6, 6.07) is 7.83. The second-order valence-electron chi connectivity index (χ2n) is 6.57. The first-order valence-corrected chi connectivity index (χ1v) is 8.37. The molecule has 0 aliphatic heterocycles. The number of aromatic nitrogens is 4. The molecule has 2 N–H and O–H groups in total. The Hall–Kier alpha value is -2.28. The van der Waals surface area contributed by atoms with Crippen molar-refractivity contribution in [1.82, 2.24) is 20.6 Å². The van der Waals surface area contributed by atoms with Crippen LogP contribution in [0.5, 0.6) is 0 Å². The summed E-state index contributed by atoms with van der Waals surface area (Å²) in [6.07, 6.45) is 4.03. The lowest BCUT2D eigenvalue weighted by Crippen LogP contribution is -2.39. The fourth-order valence-corrected chi connectivity index (χ4v) is 3.21. The SMILES string of the molecule is Cc1ccc(N(CCc2nn[nH]n2)C(=O)CC2(O)CCCC2)cc1. The minimum atomic E-state index is -0.855. The van der Waals surface area contributed by atoms with E-state index in [9.17, 15) is 9.90 Å². The lowest BCUT2D eigenvalue weighted by molar-refractivity contribution is -0.123. The highest BCUT2D eigenvalue weighted by atomic mass is 16.3. The summed E-state index contributed by atoms with van der Waals surface area (Å²) < 4.78 is 0. The molecule has 128 valence electrons. The number of anilines is 1.